The minimum atomic E-state index is -0.939. The van der Waals surface area contributed by atoms with Gasteiger partial charge >= 0.3 is 0 Å². The van der Waals surface area contributed by atoms with Crippen molar-refractivity contribution in [3.8, 4) is 0 Å². The maximum atomic E-state index is 6.09. The van der Waals surface area contributed by atoms with Crippen LogP contribution in [-0.2, 0) is 19.6 Å². The summed E-state index contributed by atoms with van der Waals surface area (Å²) in [7, 11) is 3.33. The van der Waals surface area contributed by atoms with Crippen molar-refractivity contribution < 1.29 is 14.2 Å². The quantitative estimate of drug-likeness (QED) is 0.491. The molecular weight excluding hydrogens is 324 g/mol. The Labute approximate surface area is 154 Å². The van der Waals surface area contributed by atoms with Crippen LogP contribution in [0.1, 0.15) is 16.7 Å². The van der Waals surface area contributed by atoms with Gasteiger partial charge in [-0.15, -0.1) is 0 Å². The van der Waals surface area contributed by atoms with Crippen LogP contribution >= 0.6 is 0 Å². The fourth-order valence-electron chi connectivity index (χ4n) is 4.06. The molecule has 1 fully saturated rings. The van der Waals surface area contributed by atoms with Gasteiger partial charge in [0.25, 0.3) is 0 Å². The van der Waals surface area contributed by atoms with Gasteiger partial charge in [-0.1, -0.05) is 91.0 Å². The summed E-state index contributed by atoms with van der Waals surface area (Å²) in [5.41, 5.74) is 2.63. The minimum Gasteiger partial charge on any atom is -0.351 e. The highest BCUT2D eigenvalue weighted by Crippen LogP contribution is 2.59. The van der Waals surface area contributed by atoms with Crippen LogP contribution in [-0.4, -0.2) is 26.3 Å². The predicted molar refractivity (Wildman–Crippen MR) is 101 cm³/mol. The number of methoxy groups -OCH3 is 2. The average molecular weight is 346 g/mol. The smallest absolute Gasteiger partial charge is 0.241 e. The zero-order valence-corrected chi connectivity index (χ0v) is 15.0. The van der Waals surface area contributed by atoms with Crippen molar-refractivity contribution in [2.75, 3.05) is 14.2 Å². The van der Waals surface area contributed by atoms with E-state index in [9.17, 15) is 0 Å². The van der Waals surface area contributed by atoms with Gasteiger partial charge in [-0.3, -0.25) is 0 Å². The molecule has 1 heterocycles. The molecule has 3 aromatic rings. The molecule has 2 atom stereocenters. The number of epoxide rings is 1. The maximum Gasteiger partial charge on any atom is 0.241 e. The molecule has 0 aliphatic carbocycles. The highest BCUT2D eigenvalue weighted by molar-refractivity contribution is 5.55. The number of hydrogen-bond donors (Lipinski definition) is 0. The van der Waals surface area contributed by atoms with Crippen LogP contribution in [0.5, 0.6) is 0 Å². The Morgan fingerprint density at radius 1 is 0.692 bits per heavy atom. The largest absolute Gasteiger partial charge is 0.351 e. The SMILES string of the molecule is COC1OC1(OC)C(c1ccccc1)(c1ccccc1)c1ccccc1. The number of rotatable bonds is 6. The zero-order chi connectivity index (χ0) is 18.0. The van der Waals surface area contributed by atoms with Gasteiger partial charge in [-0.2, -0.15) is 0 Å². The van der Waals surface area contributed by atoms with E-state index in [1.807, 2.05) is 54.6 Å². The number of hydrogen-bond acceptors (Lipinski definition) is 3. The molecule has 4 rings (SSSR count). The van der Waals surface area contributed by atoms with Crippen LogP contribution in [0.15, 0.2) is 91.0 Å². The van der Waals surface area contributed by atoms with Crippen LogP contribution in [0.2, 0.25) is 0 Å². The van der Waals surface area contributed by atoms with Gasteiger partial charge in [-0.25, -0.2) is 0 Å². The molecule has 1 saturated heterocycles. The summed E-state index contributed by atoms with van der Waals surface area (Å²) >= 11 is 0. The first-order valence-electron chi connectivity index (χ1n) is 8.72. The van der Waals surface area contributed by atoms with E-state index >= 15 is 0 Å². The van der Waals surface area contributed by atoms with Crippen molar-refractivity contribution >= 4 is 0 Å². The van der Waals surface area contributed by atoms with Crippen molar-refractivity contribution in [3.63, 3.8) is 0 Å². The van der Waals surface area contributed by atoms with E-state index in [0.29, 0.717) is 0 Å². The van der Waals surface area contributed by atoms with Crippen LogP contribution in [0.25, 0.3) is 0 Å². The Bertz CT molecular complexity index is 752. The van der Waals surface area contributed by atoms with Crippen LogP contribution in [0, 0.1) is 0 Å². The number of benzene rings is 3. The third-order valence-corrected chi connectivity index (χ3v) is 5.20. The Hall–Kier alpha value is -2.46. The molecule has 0 amide bonds. The van der Waals surface area contributed by atoms with Gasteiger partial charge in [0, 0.05) is 14.2 Å². The lowest BCUT2D eigenvalue weighted by molar-refractivity contribution is -0.0506. The van der Waals surface area contributed by atoms with E-state index in [4.69, 9.17) is 14.2 Å². The van der Waals surface area contributed by atoms with E-state index in [2.05, 4.69) is 36.4 Å². The molecule has 0 saturated carbocycles. The van der Waals surface area contributed by atoms with Crippen molar-refractivity contribution in [3.05, 3.63) is 108 Å². The van der Waals surface area contributed by atoms with Gasteiger partial charge in [0.15, 0.2) is 0 Å². The molecular formula is C23H22O3. The molecule has 1 aliphatic rings. The molecule has 3 nitrogen and oxygen atoms in total. The average Bonchev–Trinajstić information content (AvgIpc) is 3.46. The molecule has 0 spiro atoms. The molecule has 0 aromatic heterocycles. The second kappa shape index (κ2) is 6.69. The Kier molecular flexibility index (Phi) is 4.37. The highest BCUT2D eigenvalue weighted by atomic mass is 16.9. The molecule has 132 valence electrons. The van der Waals surface area contributed by atoms with Crippen molar-refractivity contribution in [2.45, 2.75) is 17.5 Å². The lowest BCUT2D eigenvalue weighted by Crippen LogP contribution is -2.48. The maximum absolute atomic E-state index is 6.09. The fraction of sp³-hybridized carbons (Fsp3) is 0.217. The third kappa shape index (κ3) is 2.32. The standard InChI is InChI=1S/C23H22O3/c1-24-21-23(25-2,26-21)22(18-12-6-3-7-13-18,19-14-8-4-9-15-19)20-16-10-5-11-17-20/h3-17,21H,1-2H3. The lowest BCUT2D eigenvalue weighted by Gasteiger charge is -2.40. The monoisotopic (exact) mass is 346 g/mol. The Balaban J connectivity index is 2.09. The lowest BCUT2D eigenvalue weighted by atomic mass is 9.65. The molecule has 0 bridgehead atoms. The van der Waals surface area contributed by atoms with E-state index in [-0.39, 0.29) is 0 Å². The fourth-order valence-corrected chi connectivity index (χ4v) is 4.06. The van der Waals surface area contributed by atoms with Crippen LogP contribution in [0.3, 0.4) is 0 Å². The third-order valence-electron chi connectivity index (χ3n) is 5.20. The highest BCUT2D eigenvalue weighted by Gasteiger charge is 2.73. The van der Waals surface area contributed by atoms with E-state index < -0.39 is 17.5 Å². The summed E-state index contributed by atoms with van der Waals surface area (Å²) < 4.78 is 17.7. The van der Waals surface area contributed by atoms with Crippen LogP contribution in [0.4, 0.5) is 0 Å². The van der Waals surface area contributed by atoms with Crippen molar-refractivity contribution in [1.29, 1.82) is 0 Å². The molecule has 3 heteroatoms. The second-order valence-corrected chi connectivity index (χ2v) is 6.41. The molecule has 3 aromatic carbocycles. The normalized spacial score (nSPS) is 22.2. The summed E-state index contributed by atoms with van der Waals surface area (Å²) in [5.74, 6) is -0.939. The molecule has 26 heavy (non-hydrogen) atoms. The summed E-state index contributed by atoms with van der Waals surface area (Å²) in [6.07, 6.45) is -0.451. The molecule has 1 aliphatic heterocycles. The van der Waals surface area contributed by atoms with Crippen molar-refractivity contribution in [1.82, 2.24) is 0 Å². The molecule has 0 radical (unpaired) electrons. The van der Waals surface area contributed by atoms with Gasteiger partial charge in [-0.05, 0) is 16.7 Å². The topological polar surface area (TPSA) is 31.0 Å². The summed E-state index contributed by atoms with van der Waals surface area (Å²) in [6, 6.07) is 31.0. The van der Waals surface area contributed by atoms with E-state index in [0.717, 1.165) is 16.7 Å². The minimum absolute atomic E-state index is 0.451. The first-order valence-corrected chi connectivity index (χ1v) is 8.72. The summed E-state index contributed by atoms with van der Waals surface area (Å²) in [6.45, 7) is 0. The van der Waals surface area contributed by atoms with Gasteiger partial charge in [0.05, 0.1) is 0 Å². The Morgan fingerprint density at radius 2 is 1.08 bits per heavy atom. The van der Waals surface area contributed by atoms with Crippen LogP contribution < -0.4 is 0 Å². The summed E-state index contributed by atoms with van der Waals surface area (Å²) in [4.78, 5) is 0. The zero-order valence-electron chi connectivity index (χ0n) is 15.0. The first kappa shape index (κ1) is 17.0. The van der Waals surface area contributed by atoms with E-state index in [1.54, 1.807) is 14.2 Å². The Morgan fingerprint density at radius 3 is 1.35 bits per heavy atom. The molecule has 0 N–H and O–H groups in total. The predicted octanol–water partition coefficient (Wildman–Crippen LogP) is 4.37. The van der Waals surface area contributed by atoms with Crippen molar-refractivity contribution in [2.24, 2.45) is 0 Å². The van der Waals surface area contributed by atoms with E-state index in [1.165, 1.54) is 0 Å². The van der Waals surface area contributed by atoms with Gasteiger partial charge in [0.2, 0.25) is 12.1 Å². The summed E-state index contributed by atoms with van der Waals surface area (Å²) in [5, 5.41) is 0. The second-order valence-electron chi connectivity index (χ2n) is 6.41. The van der Waals surface area contributed by atoms with Gasteiger partial charge in [0.1, 0.15) is 5.41 Å². The first-order chi connectivity index (χ1) is 12.8. The number of ether oxygens (including phenoxy) is 3. The molecule has 2 unspecified atom stereocenters. The van der Waals surface area contributed by atoms with Gasteiger partial charge < -0.3 is 14.2 Å².